The quantitative estimate of drug-likeness (QED) is 0.594. The standard InChI is InChI=1S/C10H16O2/c1-2-7-8-3-4-10(9(7)8)11-5-6-12-10/h7-9H,2-6H2,1H3/t7-,8+,9-/m0/s1. The van der Waals surface area contributed by atoms with Gasteiger partial charge in [0.2, 0.25) is 0 Å². The maximum absolute atomic E-state index is 5.77. The molecule has 3 aliphatic rings. The first-order chi connectivity index (χ1) is 5.87. The molecule has 0 aromatic heterocycles. The molecule has 3 atom stereocenters. The molecular formula is C10H16O2. The second-order valence-corrected chi connectivity index (χ2v) is 4.31. The van der Waals surface area contributed by atoms with E-state index in [1.54, 1.807) is 0 Å². The molecule has 12 heavy (non-hydrogen) atoms. The van der Waals surface area contributed by atoms with Crippen molar-refractivity contribution in [2.75, 3.05) is 13.2 Å². The molecule has 2 saturated carbocycles. The van der Waals surface area contributed by atoms with Crippen LogP contribution in [0, 0.1) is 17.8 Å². The summed E-state index contributed by atoms with van der Waals surface area (Å²) in [5.74, 6) is 2.50. The highest BCUT2D eigenvalue weighted by Crippen LogP contribution is 2.65. The Labute approximate surface area is 73.2 Å². The highest BCUT2D eigenvalue weighted by atomic mass is 16.7. The van der Waals surface area contributed by atoms with Crippen LogP contribution in [-0.2, 0) is 9.47 Å². The Morgan fingerprint density at radius 2 is 2.08 bits per heavy atom. The van der Waals surface area contributed by atoms with Gasteiger partial charge in [0.15, 0.2) is 5.79 Å². The summed E-state index contributed by atoms with van der Waals surface area (Å²) in [5.41, 5.74) is 0. The Hall–Kier alpha value is -0.0800. The Balaban J connectivity index is 1.81. The molecule has 2 heteroatoms. The lowest BCUT2D eigenvalue weighted by Gasteiger charge is -2.24. The van der Waals surface area contributed by atoms with Crippen LogP contribution in [0.1, 0.15) is 26.2 Å². The van der Waals surface area contributed by atoms with Gasteiger partial charge in [-0.1, -0.05) is 13.3 Å². The van der Waals surface area contributed by atoms with Gasteiger partial charge in [-0.3, -0.25) is 0 Å². The van der Waals surface area contributed by atoms with Crippen LogP contribution in [0.4, 0.5) is 0 Å². The molecule has 0 aromatic carbocycles. The van der Waals surface area contributed by atoms with Gasteiger partial charge in [-0.05, 0) is 18.3 Å². The molecule has 0 aromatic rings. The van der Waals surface area contributed by atoms with Crippen LogP contribution in [0.5, 0.6) is 0 Å². The van der Waals surface area contributed by atoms with Crippen LogP contribution in [0.2, 0.25) is 0 Å². The van der Waals surface area contributed by atoms with Crippen LogP contribution < -0.4 is 0 Å². The minimum Gasteiger partial charge on any atom is -0.347 e. The summed E-state index contributed by atoms with van der Waals surface area (Å²) in [6.07, 6.45) is 3.80. The van der Waals surface area contributed by atoms with Crippen molar-refractivity contribution in [3.63, 3.8) is 0 Å². The maximum Gasteiger partial charge on any atom is 0.171 e. The number of fused-ring (bicyclic) bond motifs is 2. The van der Waals surface area contributed by atoms with Crippen molar-refractivity contribution in [2.24, 2.45) is 17.8 Å². The van der Waals surface area contributed by atoms with Gasteiger partial charge in [-0.2, -0.15) is 0 Å². The van der Waals surface area contributed by atoms with Crippen LogP contribution in [0.25, 0.3) is 0 Å². The zero-order valence-electron chi connectivity index (χ0n) is 7.58. The molecule has 3 rings (SSSR count). The average Bonchev–Trinajstić information content (AvgIpc) is 2.45. The third-order valence-corrected chi connectivity index (χ3v) is 3.91. The molecule has 1 aliphatic heterocycles. The van der Waals surface area contributed by atoms with Gasteiger partial charge < -0.3 is 9.47 Å². The van der Waals surface area contributed by atoms with Gasteiger partial charge in [0.1, 0.15) is 0 Å². The second kappa shape index (κ2) is 2.24. The molecule has 2 nitrogen and oxygen atoms in total. The van der Waals surface area contributed by atoms with Crippen molar-refractivity contribution in [1.29, 1.82) is 0 Å². The lowest BCUT2D eigenvalue weighted by Crippen LogP contribution is -2.31. The van der Waals surface area contributed by atoms with Crippen molar-refractivity contribution in [1.82, 2.24) is 0 Å². The smallest absolute Gasteiger partial charge is 0.171 e. The first kappa shape index (κ1) is 7.34. The van der Waals surface area contributed by atoms with E-state index < -0.39 is 0 Å². The van der Waals surface area contributed by atoms with Crippen molar-refractivity contribution in [3.05, 3.63) is 0 Å². The Bertz CT molecular complexity index is 187. The molecule has 0 radical (unpaired) electrons. The van der Waals surface area contributed by atoms with Gasteiger partial charge in [0.05, 0.1) is 13.2 Å². The zero-order chi connectivity index (χ0) is 8.18. The van der Waals surface area contributed by atoms with E-state index in [1.807, 2.05) is 0 Å². The Morgan fingerprint density at radius 3 is 2.67 bits per heavy atom. The molecule has 1 spiro atoms. The lowest BCUT2D eigenvalue weighted by atomic mass is 10.1. The largest absolute Gasteiger partial charge is 0.347 e. The minimum absolute atomic E-state index is 0.106. The number of ether oxygens (including phenoxy) is 2. The summed E-state index contributed by atoms with van der Waals surface area (Å²) >= 11 is 0. The summed E-state index contributed by atoms with van der Waals surface area (Å²) in [7, 11) is 0. The van der Waals surface area contributed by atoms with E-state index in [9.17, 15) is 0 Å². The minimum atomic E-state index is -0.106. The average molecular weight is 168 g/mol. The maximum atomic E-state index is 5.77. The van der Waals surface area contributed by atoms with Gasteiger partial charge in [0, 0.05) is 12.3 Å². The normalized spacial score (nSPS) is 48.2. The Kier molecular flexibility index (Phi) is 1.37. The lowest BCUT2D eigenvalue weighted by molar-refractivity contribution is -0.170. The molecule has 0 amide bonds. The third kappa shape index (κ3) is 0.728. The predicted octanol–water partition coefficient (Wildman–Crippen LogP) is 1.80. The fourth-order valence-corrected chi connectivity index (χ4v) is 3.39. The summed E-state index contributed by atoms with van der Waals surface area (Å²) in [4.78, 5) is 0. The number of hydrogen-bond acceptors (Lipinski definition) is 2. The highest BCUT2D eigenvalue weighted by molar-refractivity contribution is 5.10. The summed E-state index contributed by atoms with van der Waals surface area (Å²) < 4.78 is 11.5. The molecule has 1 saturated heterocycles. The second-order valence-electron chi connectivity index (χ2n) is 4.31. The van der Waals surface area contributed by atoms with E-state index in [-0.39, 0.29) is 5.79 Å². The fraction of sp³-hybridized carbons (Fsp3) is 1.00. The molecule has 0 unspecified atom stereocenters. The molecule has 1 heterocycles. The number of hydrogen-bond donors (Lipinski definition) is 0. The molecule has 2 aliphatic carbocycles. The van der Waals surface area contributed by atoms with Crippen LogP contribution in [0.15, 0.2) is 0 Å². The highest BCUT2D eigenvalue weighted by Gasteiger charge is 2.67. The number of rotatable bonds is 1. The molecular weight excluding hydrogens is 152 g/mol. The topological polar surface area (TPSA) is 18.5 Å². The summed E-state index contributed by atoms with van der Waals surface area (Å²) in [6, 6.07) is 0. The summed E-state index contributed by atoms with van der Waals surface area (Å²) in [6.45, 7) is 3.92. The summed E-state index contributed by atoms with van der Waals surface area (Å²) in [5, 5.41) is 0. The van der Waals surface area contributed by atoms with Gasteiger partial charge in [0.25, 0.3) is 0 Å². The van der Waals surface area contributed by atoms with Gasteiger partial charge in [-0.25, -0.2) is 0 Å². The fourth-order valence-electron chi connectivity index (χ4n) is 3.39. The van der Waals surface area contributed by atoms with Gasteiger partial charge >= 0.3 is 0 Å². The zero-order valence-corrected chi connectivity index (χ0v) is 7.58. The van der Waals surface area contributed by atoms with Gasteiger partial charge in [-0.15, -0.1) is 0 Å². The van der Waals surface area contributed by atoms with E-state index in [1.165, 1.54) is 12.8 Å². The first-order valence-corrected chi connectivity index (χ1v) is 5.15. The van der Waals surface area contributed by atoms with Crippen LogP contribution in [0.3, 0.4) is 0 Å². The molecule has 3 fully saturated rings. The monoisotopic (exact) mass is 168 g/mol. The Morgan fingerprint density at radius 1 is 1.33 bits per heavy atom. The van der Waals surface area contributed by atoms with Crippen LogP contribution in [-0.4, -0.2) is 19.0 Å². The molecule has 0 bridgehead atoms. The molecule has 68 valence electrons. The van der Waals surface area contributed by atoms with E-state index in [0.29, 0.717) is 0 Å². The van der Waals surface area contributed by atoms with Crippen molar-refractivity contribution < 1.29 is 9.47 Å². The van der Waals surface area contributed by atoms with Crippen LogP contribution >= 0.6 is 0 Å². The third-order valence-electron chi connectivity index (χ3n) is 3.91. The first-order valence-electron chi connectivity index (χ1n) is 5.15. The van der Waals surface area contributed by atoms with Crippen molar-refractivity contribution in [3.8, 4) is 0 Å². The predicted molar refractivity (Wildman–Crippen MR) is 44.6 cm³/mol. The van der Waals surface area contributed by atoms with Crippen molar-refractivity contribution in [2.45, 2.75) is 32.0 Å². The SMILES string of the molecule is CC[C@H]1[C@H]2CCC3(OCCO3)[C@H]21. The van der Waals surface area contributed by atoms with E-state index in [0.717, 1.165) is 37.4 Å². The molecule has 0 N–H and O–H groups in total. The van der Waals surface area contributed by atoms with E-state index >= 15 is 0 Å². The van der Waals surface area contributed by atoms with Crippen molar-refractivity contribution >= 4 is 0 Å². The van der Waals surface area contributed by atoms with E-state index in [2.05, 4.69) is 6.92 Å². The van der Waals surface area contributed by atoms with E-state index in [4.69, 9.17) is 9.47 Å².